The molecule has 5 heteroatoms. The molecule has 3 nitrogen and oxygen atoms in total. The number of thiazole rings is 1. The van der Waals surface area contributed by atoms with Crippen molar-refractivity contribution in [1.29, 1.82) is 0 Å². The summed E-state index contributed by atoms with van der Waals surface area (Å²) in [6.07, 6.45) is 4.86. The van der Waals surface area contributed by atoms with Crippen molar-refractivity contribution in [2.75, 3.05) is 0 Å². The molecular weight excluding hydrogens is 346 g/mol. The Balaban J connectivity index is 1.72. The van der Waals surface area contributed by atoms with E-state index in [0.717, 1.165) is 39.9 Å². The molecule has 0 saturated heterocycles. The molecule has 0 aliphatic carbocycles. The SMILES string of the molecule is CCc1cnc(CNCc2ccc(Br)c3cccnc23)s1. The Morgan fingerprint density at radius 2 is 2.10 bits per heavy atom. The van der Waals surface area contributed by atoms with Gasteiger partial charge in [0.15, 0.2) is 0 Å². The van der Waals surface area contributed by atoms with Gasteiger partial charge in [-0.15, -0.1) is 11.3 Å². The van der Waals surface area contributed by atoms with Crippen LogP contribution in [0.3, 0.4) is 0 Å². The Kier molecular flexibility index (Phi) is 4.63. The van der Waals surface area contributed by atoms with Gasteiger partial charge in [0, 0.05) is 40.2 Å². The van der Waals surface area contributed by atoms with Crippen LogP contribution in [-0.4, -0.2) is 9.97 Å². The summed E-state index contributed by atoms with van der Waals surface area (Å²) in [6, 6.07) is 8.25. The first-order valence-corrected chi connectivity index (χ1v) is 8.55. The molecule has 0 atom stereocenters. The van der Waals surface area contributed by atoms with Gasteiger partial charge in [0.05, 0.1) is 5.52 Å². The van der Waals surface area contributed by atoms with Crippen molar-refractivity contribution in [2.24, 2.45) is 0 Å². The van der Waals surface area contributed by atoms with E-state index in [1.165, 1.54) is 10.4 Å². The van der Waals surface area contributed by atoms with Crippen LogP contribution in [0.5, 0.6) is 0 Å². The molecule has 3 aromatic rings. The van der Waals surface area contributed by atoms with E-state index in [9.17, 15) is 0 Å². The molecule has 1 N–H and O–H groups in total. The molecule has 0 aliphatic heterocycles. The fraction of sp³-hybridized carbons (Fsp3) is 0.250. The van der Waals surface area contributed by atoms with Crippen molar-refractivity contribution < 1.29 is 0 Å². The molecule has 0 fully saturated rings. The van der Waals surface area contributed by atoms with Crippen LogP contribution in [0.25, 0.3) is 10.9 Å². The van der Waals surface area contributed by atoms with Crippen LogP contribution in [0.2, 0.25) is 0 Å². The van der Waals surface area contributed by atoms with Crippen LogP contribution >= 0.6 is 27.3 Å². The molecule has 0 bridgehead atoms. The molecule has 0 unspecified atom stereocenters. The molecule has 0 saturated carbocycles. The highest BCUT2D eigenvalue weighted by Gasteiger charge is 2.06. The molecule has 0 aliphatic rings. The first-order valence-electron chi connectivity index (χ1n) is 6.94. The number of nitrogens with one attached hydrogen (secondary N) is 1. The summed E-state index contributed by atoms with van der Waals surface area (Å²) < 4.78 is 1.09. The van der Waals surface area contributed by atoms with E-state index in [0.29, 0.717) is 0 Å². The number of nitrogens with zero attached hydrogens (tertiary/aromatic N) is 2. The maximum absolute atomic E-state index is 4.50. The Hall–Kier alpha value is -1.30. The van der Waals surface area contributed by atoms with Gasteiger partial charge in [0.25, 0.3) is 0 Å². The number of aryl methyl sites for hydroxylation is 1. The number of halogens is 1. The zero-order chi connectivity index (χ0) is 14.7. The second-order valence-electron chi connectivity index (χ2n) is 4.78. The highest BCUT2D eigenvalue weighted by Crippen LogP contribution is 2.25. The molecule has 0 amide bonds. The second kappa shape index (κ2) is 6.64. The van der Waals surface area contributed by atoms with Gasteiger partial charge >= 0.3 is 0 Å². The molecule has 1 aromatic carbocycles. The van der Waals surface area contributed by atoms with Crippen molar-refractivity contribution in [1.82, 2.24) is 15.3 Å². The number of hydrogen-bond donors (Lipinski definition) is 1. The number of pyridine rings is 1. The van der Waals surface area contributed by atoms with Gasteiger partial charge in [-0.25, -0.2) is 4.98 Å². The Bertz CT molecular complexity index is 754. The third kappa shape index (κ3) is 3.31. The van der Waals surface area contributed by atoms with Gasteiger partial charge in [0.2, 0.25) is 0 Å². The van der Waals surface area contributed by atoms with Gasteiger partial charge in [0.1, 0.15) is 5.01 Å². The summed E-state index contributed by atoms with van der Waals surface area (Å²) in [6.45, 7) is 3.75. The number of hydrogen-bond acceptors (Lipinski definition) is 4. The molecule has 108 valence electrons. The van der Waals surface area contributed by atoms with Gasteiger partial charge < -0.3 is 5.32 Å². The first kappa shape index (κ1) is 14.6. The minimum absolute atomic E-state index is 0.793. The predicted molar refractivity (Wildman–Crippen MR) is 91.5 cm³/mol. The van der Waals surface area contributed by atoms with Crippen LogP contribution in [0, 0.1) is 0 Å². The summed E-state index contributed by atoms with van der Waals surface area (Å²) in [5, 5.41) is 5.75. The third-order valence-electron chi connectivity index (χ3n) is 3.34. The average molecular weight is 362 g/mol. The van der Waals surface area contributed by atoms with Crippen molar-refractivity contribution in [3.8, 4) is 0 Å². The summed E-state index contributed by atoms with van der Waals surface area (Å²) in [5.74, 6) is 0. The lowest BCUT2D eigenvalue weighted by molar-refractivity contribution is 0.692. The molecule has 0 radical (unpaired) electrons. The molecule has 2 heterocycles. The van der Waals surface area contributed by atoms with Crippen molar-refractivity contribution in [3.63, 3.8) is 0 Å². The normalized spacial score (nSPS) is 11.1. The Labute approximate surface area is 136 Å². The highest BCUT2D eigenvalue weighted by atomic mass is 79.9. The molecule has 21 heavy (non-hydrogen) atoms. The lowest BCUT2D eigenvalue weighted by atomic mass is 10.1. The standard InChI is InChI=1S/C16H16BrN3S/c1-2-12-9-20-15(21-12)10-18-8-11-5-6-14(17)13-4-3-7-19-16(11)13/h3-7,9,18H,2,8,10H2,1H3. The number of rotatable bonds is 5. The zero-order valence-electron chi connectivity index (χ0n) is 11.8. The number of benzene rings is 1. The maximum atomic E-state index is 4.50. The summed E-state index contributed by atoms with van der Waals surface area (Å²) in [5.41, 5.74) is 2.26. The van der Waals surface area contributed by atoms with E-state index >= 15 is 0 Å². The third-order valence-corrected chi connectivity index (χ3v) is 5.17. The lowest BCUT2D eigenvalue weighted by Crippen LogP contribution is -2.13. The van der Waals surface area contributed by atoms with E-state index in [4.69, 9.17) is 0 Å². The predicted octanol–water partition coefficient (Wildman–Crippen LogP) is 4.31. The van der Waals surface area contributed by atoms with Gasteiger partial charge in [-0.2, -0.15) is 0 Å². The van der Waals surface area contributed by atoms with Crippen molar-refractivity contribution in [3.05, 3.63) is 56.6 Å². The summed E-state index contributed by atoms with van der Waals surface area (Å²) >= 11 is 5.36. The molecule has 3 rings (SSSR count). The van der Waals surface area contributed by atoms with Crippen molar-refractivity contribution in [2.45, 2.75) is 26.4 Å². The van der Waals surface area contributed by atoms with Crippen molar-refractivity contribution >= 4 is 38.2 Å². The fourth-order valence-corrected chi connectivity index (χ4v) is 3.52. The van der Waals surface area contributed by atoms with E-state index < -0.39 is 0 Å². The van der Waals surface area contributed by atoms with E-state index in [1.54, 1.807) is 11.3 Å². The number of aromatic nitrogens is 2. The molecule has 2 aromatic heterocycles. The molecular formula is C16H16BrN3S. The minimum Gasteiger partial charge on any atom is -0.306 e. The monoisotopic (exact) mass is 361 g/mol. The largest absolute Gasteiger partial charge is 0.306 e. The first-order chi connectivity index (χ1) is 10.3. The van der Waals surface area contributed by atoms with E-state index in [2.05, 4.69) is 56.3 Å². The zero-order valence-corrected chi connectivity index (χ0v) is 14.2. The quantitative estimate of drug-likeness (QED) is 0.735. The smallest absolute Gasteiger partial charge is 0.107 e. The minimum atomic E-state index is 0.793. The van der Waals surface area contributed by atoms with Crippen LogP contribution in [-0.2, 0) is 19.5 Å². The number of fused-ring (bicyclic) bond motifs is 1. The topological polar surface area (TPSA) is 37.8 Å². The summed E-state index contributed by atoms with van der Waals surface area (Å²) in [7, 11) is 0. The van der Waals surface area contributed by atoms with E-state index in [1.807, 2.05) is 18.5 Å². The van der Waals surface area contributed by atoms with E-state index in [-0.39, 0.29) is 0 Å². The van der Waals surface area contributed by atoms with Gasteiger partial charge in [-0.1, -0.05) is 35.0 Å². The van der Waals surface area contributed by atoms with Crippen LogP contribution in [0.4, 0.5) is 0 Å². The summed E-state index contributed by atoms with van der Waals surface area (Å²) in [4.78, 5) is 10.3. The van der Waals surface area contributed by atoms with Gasteiger partial charge in [-0.05, 0) is 24.1 Å². The highest BCUT2D eigenvalue weighted by molar-refractivity contribution is 9.10. The van der Waals surface area contributed by atoms with Crippen LogP contribution < -0.4 is 5.32 Å². The Morgan fingerprint density at radius 1 is 1.19 bits per heavy atom. The Morgan fingerprint density at radius 3 is 2.90 bits per heavy atom. The average Bonchev–Trinajstić information content (AvgIpc) is 2.98. The van der Waals surface area contributed by atoms with Crippen LogP contribution in [0.1, 0.15) is 22.4 Å². The second-order valence-corrected chi connectivity index (χ2v) is 6.84. The van der Waals surface area contributed by atoms with Gasteiger partial charge in [-0.3, -0.25) is 4.98 Å². The maximum Gasteiger partial charge on any atom is 0.107 e. The van der Waals surface area contributed by atoms with Crippen LogP contribution in [0.15, 0.2) is 41.1 Å². The molecule has 0 spiro atoms. The lowest BCUT2D eigenvalue weighted by Gasteiger charge is -2.08. The fourth-order valence-electron chi connectivity index (χ4n) is 2.24.